The third-order valence-electron chi connectivity index (χ3n) is 2.25. The van der Waals surface area contributed by atoms with Crippen LogP contribution < -0.4 is 10.6 Å². The maximum atomic E-state index is 11.3. The summed E-state index contributed by atoms with van der Waals surface area (Å²) in [6, 6.07) is -0.332. The van der Waals surface area contributed by atoms with E-state index in [1.54, 1.807) is 6.08 Å². The standard InChI is InChI=1S/C12H22N2O3/c1-4-5-6-13-12(17)14-8-10(11(15)16)7-9(2)3/h4,9-10H,1,5-8H2,2-3H3,(H,15,16)(H2,13,14,17). The van der Waals surface area contributed by atoms with Crippen molar-refractivity contribution in [3.63, 3.8) is 0 Å². The van der Waals surface area contributed by atoms with E-state index in [9.17, 15) is 9.59 Å². The van der Waals surface area contributed by atoms with Crippen LogP contribution in [0.2, 0.25) is 0 Å². The molecule has 0 spiro atoms. The first-order valence-electron chi connectivity index (χ1n) is 5.82. The monoisotopic (exact) mass is 242 g/mol. The summed E-state index contributed by atoms with van der Waals surface area (Å²) >= 11 is 0. The van der Waals surface area contributed by atoms with Crippen LogP contribution in [0.25, 0.3) is 0 Å². The Morgan fingerprint density at radius 1 is 1.35 bits per heavy atom. The van der Waals surface area contributed by atoms with Crippen molar-refractivity contribution < 1.29 is 14.7 Å². The van der Waals surface area contributed by atoms with Gasteiger partial charge in [-0.15, -0.1) is 6.58 Å². The van der Waals surface area contributed by atoms with Crippen LogP contribution >= 0.6 is 0 Å². The molecule has 2 amide bonds. The summed E-state index contributed by atoms with van der Waals surface area (Å²) in [5.74, 6) is -1.10. The van der Waals surface area contributed by atoms with E-state index in [2.05, 4.69) is 17.2 Å². The first kappa shape index (κ1) is 15.5. The third-order valence-corrected chi connectivity index (χ3v) is 2.25. The number of hydrogen-bond donors (Lipinski definition) is 3. The Balaban J connectivity index is 3.91. The number of rotatable bonds is 8. The van der Waals surface area contributed by atoms with E-state index >= 15 is 0 Å². The number of carboxylic acids is 1. The van der Waals surface area contributed by atoms with Crippen molar-refractivity contribution in [3.05, 3.63) is 12.7 Å². The van der Waals surface area contributed by atoms with Gasteiger partial charge in [-0.3, -0.25) is 4.79 Å². The van der Waals surface area contributed by atoms with Crippen molar-refractivity contribution in [1.29, 1.82) is 0 Å². The predicted molar refractivity (Wildman–Crippen MR) is 66.8 cm³/mol. The number of amides is 2. The fourth-order valence-electron chi connectivity index (χ4n) is 1.41. The SMILES string of the molecule is C=CCCNC(=O)NCC(CC(C)C)C(=O)O. The number of carboxylic acid groups (broad SMARTS) is 1. The number of carbonyl (C=O) groups excluding carboxylic acids is 1. The summed E-state index contributed by atoms with van der Waals surface area (Å²) in [7, 11) is 0. The molecule has 0 heterocycles. The zero-order chi connectivity index (χ0) is 13.3. The van der Waals surface area contributed by atoms with Gasteiger partial charge < -0.3 is 15.7 Å². The average molecular weight is 242 g/mol. The second-order valence-electron chi connectivity index (χ2n) is 4.38. The van der Waals surface area contributed by atoms with Gasteiger partial charge in [0.1, 0.15) is 0 Å². The first-order chi connectivity index (χ1) is 7.97. The van der Waals surface area contributed by atoms with E-state index in [4.69, 9.17) is 5.11 Å². The number of nitrogens with one attached hydrogen (secondary N) is 2. The summed E-state index contributed by atoms with van der Waals surface area (Å²) in [5, 5.41) is 14.1. The van der Waals surface area contributed by atoms with Crippen LogP contribution in [-0.2, 0) is 4.79 Å². The molecule has 17 heavy (non-hydrogen) atoms. The van der Waals surface area contributed by atoms with Gasteiger partial charge in [0.15, 0.2) is 0 Å². The summed E-state index contributed by atoms with van der Waals surface area (Å²) in [6.45, 7) is 8.13. The molecule has 0 saturated carbocycles. The molecule has 0 rings (SSSR count). The van der Waals surface area contributed by atoms with Gasteiger partial charge in [0.05, 0.1) is 5.92 Å². The second kappa shape index (κ2) is 8.61. The largest absolute Gasteiger partial charge is 0.481 e. The summed E-state index contributed by atoms with van der Waals surface area (Å²) in [5.41, 5.74) is 0. The molecule has 0 aliphatic heterocycles. The zero-order valence-corrected chi connectivity index (χ0v) is 10.5. The van der Waals surface area contributed by atoms with Crippen molar-refractivity contribution in [2.24, 2.45) is 11.8 Å². The van der Waals surface area contributed by atoms with Gasteiger partial charge >= 0.3 is 12.0 Å². The van der Waals surface area contributed by atoms with Crippen LogP contribution in [0, 0.1) is 11.8 Å². The molecular weight excluding hydrogens is 220 g/mol. The van der Waals surface area contributed by atoms with E-state index in [0.29, 0.717) is 25.3 Å². The summed E-state index contributed by atoms with van der Waals surface area (Å²) in [4.78, 5) is 22.2. The molecule has 0 aliphatic carbocycles. The molecule has 5 nitrogen and oxygen atoms in total. The average Bonchev–Trinajstić information content (AvgIpc) is 2.23. The molecule has 0 aromatic rings. The lowest BCUT2D eigenvalue weighted by atomic mass is 9.97. The highest BCUT2D eigenvalue weighted by atomic mass is 16.4. The Morgan fingerprint density at radius 2 is 2.00 bits per heavy atom. The van der Waals surface area contributed by atoms with E-state index < -0.39 is 11.9 Å². The normalized spacial score (nSPS) is 11.9. The topological polar surface area (TPSA) is 78.4 Å². The van der Waals surface area contributed by atoms with Crippen LogP contribution in [0.5, 0.6) is 0 Å². The molecule has 1 unspecified atom stereocenters. The number of aliphatic carboxylic acids is 1. The Bertz CT molecular complexity index is 264. The fraction of sp³-hybridized carbons (Fsp3) is 0.667. The molecule has 0 aliphatic rings. The highest BCUT2D eigenvalue weighted by Gasteiger charge is 2.19. The van der Waals surface area contributed by atoms with Crippen molar-refractivity contribution in [1.82, 2.24) is 10.6 Å². The van der Waals surface area contributed by atoms with Crippen molar-refractivity contribution in [2.45, 2.75) is 26.7 Å². The first-order valence-corrected chi connectivity index (χ1v) is 5.82. The molecule has 98 valence electrons. The van der Waals surface area contributed by atoms with Gasteiger partial charge in [-0.25, -0.2) is 4.79 Å². The van der Waals surface area contributed by atoms with Crippen LogP contribution in [0.1, 0.15) is 26.7 Å². The molecule has 0 aromatic carbocycles. The minimum Gasteiger partial charge on any atom is -0.481 e. The Hall–Kier alpha value is -1.52. The lowest BCUT2D eigenvalue weighted by Gasteiger charge is -2.15. The van der Waals surface area contributed by atoms with Gasteiger partial charge in [-0.1, -0.05) is 19.9 Å². The van der Waals surface area contributed by atoms with Gasteiger partial charge in [-0.05, 0) is 18.8 Å². The van der Waals surface area contributed by atoms with E-state index in [1.807, 2.05) is 13.8 Å². The predicted octanol–water partition coefficient (Wildman–Crippen LogP) is 1.61. The molecule has 0 fully saturated rings. The number of hydrogen-bond acceptors (Lipinski definition) is 2. The Kier molecular flexibility index (Phi) is 7.84. The third kappa shape index (κ3) is 8.30. The lowest BCUT2D eigenvalue weighted by molar-refractivity contribution is -0.142. The second-order valence-corrected chi connectivity index (χ2v) is 4.38. The van der Waals surface area contributed by atoms with E-state index in [1.165, 1.54) is 0 Å². The van der Waals surface area contributed by atoms with Crippen molar-refractivity contribution in [2.75, 3.05) is 13.1 Å². The van der Waals surface area contributed by atoms with Crippen LogP contribution in [0.3, 0.4) is 0 Å². The van der Waals surface area contributed by atoms with Gasteiger partial charge in [0, 0.05) is 13.1 Å². The smallest absolute Gasteiger partial charge is 0.314 e. The zero-order valence-electron chi connectivity index (χ0n) is 10.5. The molecule has 5 heteroatoms. The van der Waals surface area contributed by atoms with Crippen LogP contribution in [-0.4, -0.2) is 30.2 Å². The molecular formula is C12H22N2O3. The van der Waals surface area contributed by atoms with Crippen LogP contribution in [0.15, 0.2) is 12.7 Å². The van der Waals surface area contributed by atoms with Gasteiger partial charge in [0.2, 0.25) is 0 Å². The highest BCUT2D eigenvalue weighted by molar-refractivity contribution is 5.75. The quantitative estimate of drug-likeness (QED) is 0.447. The molecule has 0 saturated heterocycles. The summed E-state index contributed by atoms with van der Waals surface area (Å²) in [6.07, 6.45) is 2.96. The van der Waals surface area contributed by atoms with E-state index in [0.717, 1.165) is 0 Å². The number of urea groups is 1. The van der Waals surface area contributed by atoms with Crippen molar-refractivity contribution in [3.8, 4) is 0 Å². The highest BCUT2D eigenvalue weighted by Crippen LogP contribution is 2.10. The maximum absolute atomic E-state index is 11.3. The van der Waals surface area contributed by atoms with Crippen LogP contribution in [0.4, 0.5) is 4.79 Å². The molecule has 0 bridgehead atoms. The fourth-order valence-corrected chi connectivity index (χ4v) is 1.41. The molecule has 1 atom stereocenters. The van der Waals surface area contributed by atoms with Gasteiger partial charge in [0.25, 0.3) is 0 Å². The maximum Gasteiger partial charge on any atom is 0.314 e. The molecule has 3 N–H and O–H groups in total. The van der Waals surface area contributed by atoms with Gasteiger partial charge in [-0.2, -0.15) is 0 Å². The minimum absolute atomic E-state index is 0.160. The van der Waals surface area contributed by atoms with E-state index in [-0.39, 0.29) is 12.6 Å². The lowest BCUT2D eigenvalue weighted by Crippen LogP contribution is -2.40. The Labute approximate surface area is 102 Å². The Morgan fingerprint density at radius 3 is 2.47 bits per heavy atom. The number of carbonyl (C=O) groups is 2. The van der Waals surface area contributed by atoms with Crippen molar-refractivity contribution >= 4 is 12.0 Å². The molecule has 0 radical (unpaired) electrons. The minimum atomic E-state index is -0.870. The summed E-state index contributed by atoms with van der Waals surface area (Å²) < 4.78 is 0. The molecule has 0 aromatic heterocycles.